The van der Waals surface area contributed by atoms with Gasteiger partial charge in [0.15, 0.2) is 4.96 Å². The molecule has 1 amide bonds. The molecule has 1 aliphatic heterocycles. The lowest BCUT2D eigenvalue weighted by Crippen LogP contribution is -2.37. The van der Waals surface area contributed by atoms with Gasteiger partial charge in [-0.05, 0) is 33.5 Å². The van der Waals surface area contributed by atoms with E-state index in [1.54, 1.807) is 6.20 Å². The topological polar surface area (TPSA) is 49.6 Å². The molecule has 0 atom stereocenters. The fourth-order valence-corrected chi connectivity index (χ4v) is 4.39. The standard InChI is InChI=1S/C17H17BrN4OS/c18-15-9-20-17-22(15)11-14(24-17)16(23)19-6-8-21-7-5-12-3-1-2-4-13(12)10-21/h1-4,9,11H,5-8,10H2,(H,19,23). The highest BCUT2D eigenvalue weighted by Gasteiger charge is 2.16. The van der Waals surface area contributed by atoms with Gasteiger partial charge in [-0.25, -0.2) is 4.98 Å². The Kier molecular flexibility index (Phi) is 4.39. The zero-order valence-electron chi connectivity index (χ0n) is 13.0. The van der Waals surface area contributed by atoms with E-state index in [9.17, 15) is 4.79 Å². The summed E-state index contributed by atoms with van der Waals surface area (Å²) in [7, 11) is 0. The molecule has 0 saturated heterocycles. The molecule has 124 valence electrons. The quantitative estimate of drug-likeness (QED) is 0.726. The van der Waals surface area contributed by atoms with E-state index < -0.39 is 0 Å². The van der Waals surface area contributed by atoms with Gasteiger partial charge in [-0.3, -0.25) is 14.1 Å². The number of carbonyl (C=O) groups is 1. The zero-order chi connectivity index (χ0) is 16.5. The second-order valence-electron chi connectivity index (χ2n) is 5.88. The van der Waals surface area contributed by atoms with Crippen molar-refractivity contribution in [2.24, 2.45) is 0 Å². The molecule has 0 aliphatic carbocycles. The van der Waals surface area contributed by atoms with Crippen molar-refractivity contribution in [3.8, 4) is 0 Å². The Bertz CT molecular complexity index is 888. The molecule has 3 heterocycles. The molecule has 5 nitrogen and oxygen atoms in total. The van der Waals surface area contributed by atoms with E-state index in [-0.39, 0.29) is 5.91 Å². The Labute approximate surface area is 152 Å². The van der Waals surface area contributed by atoms with Gasteiger partial charge < -0.3 is 5.32 Å². The Morgan fingerprint density at radius 3 is 3.00 bits per heavy atom. The highest BCUT2D eigenvalue weighted by atomic mass is 79.9. The van der Waals surface area contributed by atoms with Crippen molar-refractivity contribution < 1.29 is 4.79 Å². The number of rotatable bonds is 4. The average molecular weight is 405 g/mol. The predicted molar refractivity (Wildman–Crippen MR) is 98.5 cm³/mol. The Balaban J connectivity index is 1.32. The first-order valence-corrected chi connectivity index (χ1v) is 9.51. The van der Waals surface area contributed by atoms with Gasteiger partial charge in [0.05, 0.1) is 6.20 Å². The monoisotopic (exact) mass is 404 g/mol. The molecule has 0 spiro atoms. The van der Waals surface area contributed by atoms with Gasteiger partial charge in [-0.15, -0.1) is 0 Å². The number of halogens is 1. The Morgan fingerprint density at radius 2 is 2.17 bits per heavy atom. The molecule has 0 fully saturated rings. The molecule has 4 rings (SSSR count). The minimum atomic E-state index is -0.0326. The molecular formula is C17H17BrN4OS. The molecule has 1 aliphatic rings. The lowest BCUT2D eigenvalue weighted by molar-refractivity contribution is 0.0951. The highest BCUT2D eigenvalue weighted by molar-refractivity contribution is 9.10. The smallest absolute Gasteiger partial charge is 0.263 e. The summed E-state index contributed by atoms with van der Waals surface area (Å²) in [5, 5.41) is 3.01. The molecule has 7 heteroatoms. The number of nitrogens with zero attached hydrogens (tertiary/aromatic N) is 3. The Morgan fingerprint density at radius 1 is 1.33 bits per heavy atom. The van der Waals surface area contributed by atoms with Crippen LogP contribution in [0.3, 0.4) is 0 Å². The van der Waals surface area contributed by atoms with E-state index in [0.717, 1.165) is 35.6 Å². The first-order valence-electron chi connectivity index (χ1n) is 7.90. The minimum Gasteiger partial charge on any atom is -0.350 e. The number of hydrogen-bond donors (Lipinski definition) is 1. The van der Waals surface area contributed by atoms with Crippen LogP contribution in [0, 0.1) is 0 Å². The maximum atomic E-state index is 12.3. The van der Waals surface area contributed by atoms with Crippen LogP contribution in [0.1, 0.15) is 20.8 Å². The van der Waals surface area contributed by atoms with E-state index in [1.807, 2.05) is 10.6 Å². The number of aromatic nitrogens is 2. The van der Waals surface area contributed by atoms with Crippen LogP contribution in [-0.4, -0.2) is 39.8 Å². The third kappa shape index (κ3) is 3.11. The van der Waals surface area contributed by atoms with Crippen molar-refractivity contribution in [3.05, 3.63) is 57.3 Å². The van der Waals surface area contributed by atoms with Crippen LogP contribution in [0.5, 0.6) is 0 Å². The normalized spacial score (nSPS) is 14.7. The molecular weight excluding hydrogens is 388 g/mol. The van der Waals surface area contributed by atoms with E-state index in [1.165, 1.54) is 22.5 Å². The van der Waals surface area contributed by atoms with Gasteiger partial charge >= 0.3 is 0 Å². The van der Waals surface area contributed by atoms with Gasteiger partial charge in [0.2, 0.25) is 0 Å². The molecule has 0 saturated carbocycles. The van der Waals surface area contributed by atoms with Crippen LogP contribution in [0.15, 0.2) is 41.3 Å². The maximum absolute atomic E-state index is 12.3. The minimum absolute atomic E-state index is 0.0326. The molecule has 0 bridgehead atoms. The lowest BCUT2D eigenvalue weighted by atomic mass is 10.00. The fraction of sp³-hybridized carbons (Fsp3) is 0.294. The number of thiazole rings is 1. The summed E-state index contributed by atoms with van der Waals surface area (Å²) in [4.78, 5) is 20.4. The predicted octanol–water partition coefficient (Wildman–Crippen LogP) is 2.95. The van der Waals surface area contributed by atoms with Crippen molar-refractivity contribution in [2.45, 2.75) is 13.0 Å². The van der Waals surface area contributed by atoms with Crippen molar-refractivity contribution in [3.63, 3.8) is 0 Å². The first-order chi connectivity index (χ1) is 11.7. The molecule has 3 aromatic rings. The Hall–Kier alpha value is -1.70. The van der Waals surface area contributed by atoms with Crippen molar-refractivity contribution in [1.82, 2.24) is 19.6 Å². The second-order valence-corrected chi connectivity index (χ2v) is 7.70. The number of hydrogen-bond acceptors (Lipinski definition) is 4. The second kappa shape index (κ2) is 6.66. The molecule has 1 aromatic carbocycles. The molecule has 2 aromatic heterocycles. The number of amides is 1. The van der Waals surface area contributed by atoms with E-state index >= 15 is 0 Å². The summed E-state index contributed by atoms with van der Waals surface area (Å²) in [6.07, 6.45) is 4.64. The van der Waals surface area contributed by atoms with Crippen LogP contribution in [-0.2, 0) is 13.0 Å². The number of imidazole rings is 1. The molecule has 0 unspecified atom stereocenters. The third-order valence-electron chi connectivity index (χ3n) is 4.31. The first kappa shape index (κ1) is 15.8. The summed E-state index contributed by atoms with van der Waals surface area (Å²) >= 11 is 4.82. The van der Waals surface area contributed by atoms with Crippen LogP contribution in [0.25, 0.3) is 4.96 Å². The number of nitrogens with one attached hydrogen (secondary N) is 1. The molecule has 0 radical (unpaired) electrons. The van der Waals surface area contributed by atoms with Crippen molar-refractivity contribution in [1.29, 1.82) is 0 Å². The van der Waals surface area contributed by atoms with Crippen LogP contribution in [0.4, 0.5) is 0 Å². The summed E-state index contributed by atoms with van der Waals surface area (Å²) in [5.74, 6) is -0.0326. The van der Waals surface area contributed by atoms with Gasteiger partial charge in [0.1, 0.15) is 9.48 Å². The van der Waals surface area contributed by atoms with Gasteiger partial charge in [0, 0.05) is 32.4 Å². The van der Waals surface area contributed by atoms with E-state index in [2.05, 4.69) is 55.4 Å². The van der Waals surface area contributed by atoms with Crippen molar-refractivity contribution in [2.75, 3.05) is 19.6 Å². The number of benzene rings is 1. The maximum Gasteiger partial charge on any atom is 0.263 e. The number of carbonyl (C=O) groups excluding carboxylic acids is 1. The fourth-order valence-electron chi connectivity index (χ4n) is 3.02. The zero-order valence-corrected chi connectivity index (χ0v) is 15.4. The van der Waals surface area contributed by atoms with E-state index in [0.29, 0.717) is 11.4 Å². The molecule has 24 heavy (non-hydrogen) atoms. The average Bonchev–Trinajstić information content (AvgIpc) is 3.17. The summed E-state index contributed by atoms with van der Waals surface area (Å²) in [5.41, 5.74) is 2.85. The van der Waals surface area contributed by atoms with Crippen LogP contribution in [0.2, 0.25) is 0 Å². The largest absolute Gasteiger partial charge is 0.350 e. The summed E-state index contributed by atoms with van der Waals surface area (Å²) in [6.45, 7) is 3.53. The summed E-state index contributed by atoms with van der Waals surface area (Å²) in [6, 6.07) is 8.60. The van der Waals surface area contributed by atoms with Crippen LogP contribution < -0.4 is 5.32 Å². The third-order valence-corrected chi connectivity index (χ3v) is 5.89. The molecule has 1 N–H and O–H groups in total. The van der Waals surface area contributed by atoms with E-state index in [4.69, 9.17) is 0 Å². The highest BCUT2D eigenvalue weighted by Crippen LogP contribution is 2.21. The van der Waals surface area contributed by atoms with Crippen molar-refractivity contribution >= 4 is 38.1 Å². The number of fused-ring (bicyclic) bond motifs is 2. The summed E-state index contributed by atoms with van der Waals surface area (Å²) < 4.78 is 2.74. The van der Waals surface area contributed by atoms with Gasteiger partial charge in [-0.1, -0.05) is 35.6 Å². The SMILES string of the molecule is O=C(NCCN1CCc2ccccc2C1)c1cn2c(Br)cnc2s1. The lowest BCUT2D eigenvalue weighted by Gasteiger charge is -2.28. The van der Waals surface area contributed by atoms with Crippen LogP contribution >= 0.6 is 27.3 Å². The van der Waals surface area contributed by atoms with Gasteiger partial charge in [0.25, 0.3) is 5.91 Å². The van der Waals surface area contributed by atoms with Gasteiger partial charge in [-0.2, -0.15) is 0 Å².